The summed E-state index contributed by atoms with van der Waals surface area (Å²) in [5, 5.41) is 0.613. The van der Waals surface area contributed by atoms with Crippen molar-refractivity contribution in [3.63, 3.8) is 0 Å². The van der Waals surface area contributed by atoms with Crippen LogP contribution in [-0.4, -0.2) is 28.8 Å². The summed E-state index contributed by atoms with van der Waals surface area (Å²) in [4.78, 5) is 29.9. The van der Waals surface area contributed by atoms with E-state index in [-0.39, 0.29) is 11.2 Å². The number of carbonyl (C=O) groups is 1. The zero-order valence-electron chi connectivity index (χ0n) is 12.5. The molecule has 1 N–H and O–H groups in total. The second-order valence-electron chi connectivity index (χ2n) is 5.86. The fourth-order valence-electron chi connectivity index (χ4n) is 3.03. The van der Waals surface area contributed by atoms with E-state index in [1.165, 1.54) is 19.8 Å². The number of aromatic amines is 1. The third kappa shape index (κ3) is 2.63. The van der Waals surface area contributed by atoms with E-state index in [9.17, 15) is 9.59 Å². The molecule has 1 aliphatic rings. The predicted octanol–water partition coefficient (Wildman–Crippen LogP) is 2.63. The van der Waals surface area contributed by atoms with E-state index in [0.717, 1.165) is 29.9 Å². The molecule has 4 nitrogen and oxygen atoms in total. The lowest BCUT2D eigenvalue weighted by Gasteiger charge is -2.16. The first-order chi connectivity index (χ1) is 10.1. The molecule has 0 saturated carbocycles. The molecule has 0 atom stereocenters. The number of benzene rings is 1. The van der Waals surface area contributed by atoms with Crippen molar-refractivity contribution in [3.8, 4) is 0 Å². The molecule has 1 fully saturated rings. The summed E-state index contributed by atoms with van der Waals surface area (Å²) in [7, 11) is 0. The van der Waals surface area contributed by atoms with Gasteiger partial charge in [0, 0.05) is 34.3 Å². The molecule has 21 heavy (non-hydrogen) atoms. The Morgan fingerprint density at radius 2 is 2.00 bits per heavy atom. The maximum Gasteiger partial charge on any atom is 0.194 e. The minimum Gasteiger partial charge on any atom is -0.358 e. The Morgan fingerprint density at radius 1 is 1.29 bits per heavy atom. The zero-order valence-corrected chi connectivity index (χ0v) is 12.5. The first kappa shape index (κ1) is 14.0. The second-order valence-corrected chi connectivity index (χ2v) is 5.86. The molecule has 1 aromatic heterocycles. The highest BCUT2D eigenvalue weighted by Crippen LogP contribution is 2.17. The van der Waals surface area contributed by atoms with Gasteiger partial charge in [0.2, 0.25) is 0 Å². The monoisotopic (exact) mass is 284 g/mol. The zero-order chi connectivity index (χ0) is 15.0. The van der Waals surface area contributed by atoms with Gasteiger partial charge in [-0.3, -0.25) is 14.5 Å². The van der Waals surface area contributed by atoms with Gasteiger partial charge in [-0.05, 0) is 58.0 Å². The SMILES string of the molecule is CC(=O)c1ccc2[nH]c(C)c(CN3CCCC3)c(=O)c2c1. The number of aryl methyl sites for hydroxylation is 1. The van der Waals surface area contributed by atoms with Crippen LogP contribution in [-0.2, 0) is 6.54 Å². The van der Waals surface area contributed by atoms with Crippen LogP contribution in [0.5, 0.6) is 0 Å². The topological polar surface area (TPSA) is 53.2 Å². The normalized spacial score (nSPS) is 15.7. The molecule has 1 aliphatic heterocycles. The van der Waals surface area contributed by atoms with Crippen LogP contribution in [0.15, 0.2) is 23.0 Å². The summed E-state index contributed by atoms with van der Waals surface area (Å²) in [5.74, 6) is -0.0158. The van der Waals surface area contributed by atoms with Crippen LogP contribution in [0.1, 0.15) is 41.4 Å². The fraction of sp³-hybridized carbons (Fsp3) is 0.412. The number of ketones is 1. The summed E-state index contributed by atoms with van der Waals surface area (Å²) in [6.07, 6.45) is 2.41. The standard InChI is InChI=1S/C17H20N2O2/c1-11-15(10-19-7-3-4-8-19)17(21)14-9-13(12(2)20)5-6-16(14)18-11/h5-6,9H,3-4,7-8,10H2,1-2H3,(H,18,21). The molecule has 3 rings (SSSR count). The Kier molecular flexibility index (Phi) is 3.64. The van der Waals surface area contributed by atoms with Gasteiger partial charge >= 0.3 is 0 Å². The summed E-state index contributed by atoms with van der Waals surface area (Å²) < 4.78 is 0. The summed E-state index contributed by atoms with van der Waals surface area (Å²) in [6, 6.07) is 5.30. The van der Waals surface area contributed by atoms with Gasteiger partial charge in [0.25, 0.3) is 0 Å². The van der Waals surface area contributed by atoms with Gasteiger partial charge in [-0.1, -0.05) is 0 Å². The number of fused-ring (bicyclic) bond motifs is 1. The number of aromatic nitrogens is 1. The largest absolute Gasteiger partial charge is 0.358 e. The highest BCUT2D eigenvalue weighted by molar-refractivity contribution is 5.97. The number of hydrogen-bond donors (Lipinski definition) is 1. The first-order valence-corrected chi connectivity index (χ1v) is 7.45. The molecular formula is C17H20N2O2. The Balaban J connectivity index is 2.11. The molecule has 2 heterocycles. The number of H-pyrrole nitrogens is 1. The Hall–Kier alpha value is -1.94. The Morgan fingerprint density at radius 3 is 2.67 bits per heavy atom. The molecule has 1 saturated heterocycles. The van der Waals surface area contributed by atoms with Crippen LogP contribution >= 0.6 is 0 Å². The number of hydrogen-bond acceptors (Lipinski definition) is 3. The third-order valence-corrected chi connectivity index (χ3v) is 4.30. The number of nitrogens with zero attached hydrogens (tertiary/aromatic N) is 1. The number of carbonyl (C=O) groups excluding carboxylic acids is 1. The van der Waals surface area contributed by atoms with E-state index in [1.54, 1.807) is 12.1 Å². The van der Waals surface area contributed by atoms with Gasteiger partial charge in [0.05, 0.1) is 0 Å². The molecule has 0 spiro atoms. The van der Waals surface area contributed by atoms with Crippen molar-refractivity contribution in [1.29, 1.82) is 0 Å². The van der Waals surface area contributed by atoms with Crippen molar-refractivity contribution < 1.29 is 4.79 Å². The van der Waals surface area contributed by atoms with Crippen LogP contribution < -0.4 is 5.43 Å². The van der Waals surface area contributed by atoms with Gasteiger partial charge in [-0.25, -0.2) is 0 Å². The van der Waals surface area contributed by atoms with Gasteiger partial charge in [-0.15, -0.1) is 0 Å². The van der Waals surface area contributed by atoms with Crippen LogP contribution in [0.2, 0.25) is 0 Å². The summed E-state index contributed by atoms with van der Waals surface area (Å²) >= 11 is 0. The third-order valence-electron chi connectivity index (χ3n) is 4.30. The average Bonchev–Trinajstić information content (AvgIpc) is 2.96. The number of rotatable bonds is 3. The van der Waals surface area contributed by atoms with E-state index >= 15 is 0 Å². The fourth-order valence-corrected chi connectivity index (χ4v) is 3.03. The molecule has 0 radical (unpaired) electrons. The van der Waals surface area contributed by atoms with Crippen LogP contribution in [0, 0.1) is 6.92 Å². The average molecular weight is 284 g/mol. The van der Waals surface area contributed by atoms with Gasteiger partial charge < -0.3 is 4.98 Å². The molecule has 0 amide bonds. The molecule has 0 aliphatic carbocycles. The molecule has 1 aromatic carbocycles. The Bertz CT molecular complexity index is 755. The van der Waals surface area contributed by atoms with Crippen molar-refractivity contribution in [3.05, 3.63) is 45.2 Å². The lowest BCUT2D eigenvalue weighted by molar-refractivity contribution is 0.101. The number of Topliss-reactive ketones (excluding diaryl/α,β-unsaturated/α-hetero) is 1. The highest BCUT2D eigenvalue weighted by atomic mass is 16.1. The van der Waals surface area contributed by atoms with E-state index in [4.69, 9.17) is 0 Å². The summed E-state index contributed by atoms with van der Waals surface area (Å²) in [6.45, 7) is 6.29. The molecular weight excluding hydrogens is 264 g/mol. The van der Waals surface area contributed by atoms with Gasteiger partial charge in [0.15, 0.2) is 11.2 Å². The first-order valence-electron chi connectivity index (χ1n) is 7.45. The van der Waals surface area contributed by atoms with E-state index in [0.29, 0.717) is 17.5 Å². The molecule has 4 heteroatoms. The number of likely N-dealkylation sites (tertiary alicyclic amines) is 1. The second kappa shape index (κ2) is 5.45. The maximum absolute atomic E-state index is 12.8. The minimum absolute atomic E-state index is 0.0158. The quantitative estimate of drug-likeness (QED) is 0.882. The van der Waals surface area contributed by atoms with E-state index in [2.05, 4.69) is 9.88 Å². The van der Waals surface area contributed by atoms with Crippen molar-refractivity contribution in [2.24, 2.45) is 0 Å². The van der Waals surface area contributed by atoms with Crippen LogP contribution in [0.25, 0.3) is 10.9 Å². The van der Waals surface area contributed by atoms with E-state index < -0.39 is 0 Å². The Labute approximate surface area is 123 Å². The summed E-state index contributed by atoms with van der Waals surface area (Å²) in [5.41, 5.74) is 3.19. The smallest absolute Gasteiger partial charge is 0.194 e. The van der Waals surface area contributed by atoms with Crippen LogP contribution in [0.3, 0.4) is 0 Å². The van der Waals surface area contributed by atoms with Gasteiger partial charge in [-0.2, -0.15) is 0 Å². The highest BCUT2D eigenvalue weighted by Gasteiger charge is 2.17. The van der Waals surface area contributed by atoms with Crippen molar-refractivity contribution in [1.82, 2.24) is 9.88 Å². The lowest BCUT2D eigenvalue weighted by atomic mass is 10.0. The maximum atomic E-state index is 12.8. The van der Waals surface area contributed by atoms with E-state index in [1.807, 2.05) is 13.0 Å². The molecule has 2 aromatic rings. The molecule has 0 unspecified atom stereocenters. The van der Waals surface area contributed by atoms with Crippen molar-refractivity contribution >= 4 is 16.7 Å². The molecule has 110 valence electrons. The van der Waals surface area contributed by atoms with Crippen molar-refractivity contribution in [2.45, 2.75) is 33.2 Å². The molecule has 0 bridgehead atoms. The minimum atomic E-state index is -0.0158. The van der Waals surface area contributed by atoms with Crippen molar-refractivity contribution in [2.75, 3.05) is 13.1 Å². The number of pyridine rings is 1. The predicted molar refractivity (Wildman–Crippen MR) is 83.8 cm³/mol. The van der Waals surface area contributed by atoms with Crippen LogP contribution in [0.4, 0.5) is 0 Å². The van der Waals surface area contributed by atoms with Gasteiger partial charge in [0.1, 0.15) is 0 Å². The number of nitrogens with one attached hydrogen (secondary N) is 1. The lowest BCUT2D eigenvalue weighted by Crippen LogP contribution is -2.25.